The molecule has 0 saturated carbocycles. The third kappa shape index (κ3) is 4.24. The molecule has 6 nitrogen and oxygen atoms in total. The highest BCUT2D eigenvalue weighted by atomic mass is 32.2. The molecule has 134 valence electrons. The molecule has 24 heavy (non-hydrogen) atoms. The first-order valence-electron chi connectivity index (χ1n) is 7.95. The van der Waals surface area contributed by atoms with Crippen molar-refractivity contribution in [3.05, 3.63) is 30.1 Å². The molecule has 0 radical (unpaired) electrons. The predicted molar refractivity (Wildman–Crippen MR) is 91.3 cm³/mol. The van der Waals surface area contributed by atoms with Crippen molar-refractivity contribution in [2.24, 2.45) is 5.92 Å². The summed E-state index contributed by atoms with van der Waals surface area (Å²) in [7, 11) is -1.05. The molecular weight excluding hydrogens is 333 g/mol. The van der Waals surface area contributed by atoms with Crippen molar-refractivity contribution in [3.63, 3.8) is 0 Å². The number of benzene rings is 1. The summed E-state index contributed by atoms with van der Waals surface area (Å²) in [6.07, 6.45) is 1.84. The molecule has 0 spiro atoms. The van der Waals surface area contributed by atoms with Crippen LogP contribution in [-0.4, -0.2) is 57.3 Å². The molecule has 1 aromatic carbocycles. The minimum absolute atomic E-state index is 0.239. The molecule has 0 bridgehead atoms. The summed E-state index contributed by atoms with van der Waals surface area (Å²) in [5.74, 6) is -0.123. The zero-order valence-corrected chi connectivity index (χ0v) is 15.1. The minimum atomic E-state index is -3.85. The second-order valence-electron chi connectivity index (χ2n) is 6.34. The van der Waals surface area contributed by atoms with Crippen LogP contribution in [0.25, 0.3) is 0 Å². The fourth-order valence-electron chi connectivity index (χ4n) is 2.59. The van der Waals surface area contributed by atoms with Gasteiger partial charge >= 0.3 is 10.2 Å². The van der Waals surface area contributed by atoms with Gasteiger partial charge in [-0.25, -0.2) is 8.70 Å². The number of halogens is 1. The monoisotopic (exact) mass is 357 g/mol. The van der Waals surface area contributed by atoms with Crippen LogP contribution in [0.3, 0.4) is 0 Å². The van der Waals surface area contributed by atoms with Crippen molar-refractivity contribution in [3.8, 4) is 0 Å². The lowest BCUT2D eigenvalue weighted by atomic mass is 9.99. The molecular formula is C16H24FN3O3S. The lowest BCUT2D eigenvalue weighted by Gasteiger charge is -2.33. The van der Waals surface area contributed by atoms with Crippen LogP contribution < -0.4 is 4.31 Å². The summed E-state index contributed by atoms with van der Waals surface area (Å²) in [5, 5.41) is 0. The smallest absolute Gasteiger partial charge is 0.304 e. The van der Waals surface area contributed by atoms with Gasteiger partial charge in [0, 0.05) is 27.2 Å². The molecule has 1 aliphatic heterocycles. The Kier molecular flexibility index (Phi) is 5.82. The minimum Gasteiger partial charge on any atom is -0.341 e. The van der Waals surface area contributed by atoms with Crippen LogP contribution in [0.1, 0.15) is 19.8 Å². The number of rotatable bonds is 5. The highest BCUT2D eigenvalue weighted by Crippen LogP contribution is 2.21. The predicted octanol–water partition coefficient (Wildman–Crippen LogP) is 1.70. The first kappa shape index (κ1) is 18.7. The summed E-state index contributed by atoms with van der Waals surface area (Å²) in [6.45, 7) is 3.13. The van der Waals surface area contributed by atoms with Gasteiger partial charge in [-0.3, -0.25) is 4.79 Å². The molecule has 1 saturated heterocycles. The lowest BCUT2D eigenvalue weighted by Crippen LogP contribution is -2.48. The van der Waals surface area contributed by atoms with E-state index in [0.717, 1.165) is 21.5 Å². The second kappa shape index (κ2) is 7.48. The van der Waals surface area contributed by atoms with E-state index < -0.39 is 16.0 Å². The molecule has 0 unspecified atom stereocenters. The van der Waals surface area contributed by atoms with E-state index in [0.29, 0.717) is 19.0 Å². The molecule has 0 aliphatic carbocycles. The fraction of sp³-hybridized carbons (Fsp3) is 0.562. The summed E-state index contributed by atoms with van der Waals surface area (Å²) in [6, 6.07) is 5.09. The van der Waals surface area contributed by atoms with Gasteiger partial charge in [-0.05, 0) is 43.0 Å². The van der Waals surface area contributed by atoms with E-state index in [2.05, 4.69) is 6.92 Å². The van der Waals surface area contributed by atoms with Gasteiger partial charge in [0.1, 0.15) is 12.4 Å². The van der Waals surface area contributed by atoms with E-state index in [1.807, 2.05) is 0 Å². The number of amides is 1. The quantitative estimate of drug-likeness (QED) is 0.806. The van der Waals surface area contributed by atoms with Crippen LogP contribution in [0.5, 0.6) is 0 Å². The van der Waals surface area contributed by atoms with Crippen LogP contribution in [0.4, 0.5) is 10.1 Å². The molecule has 1 aliphatic rings. The molecule has 1 fully saturated rings. The lowest BCUT2D eigenvalue weighted by molar-refractivity contribution is -0.130. The summed E-state index contributed by atoms with van der Waals surface area (Å²) >= 11 is 0. The summed E-state index contributed by atoms with van der Waals surface area (Å²) in [4.78, 5) is 14.2. The Morgan fingerprint density at radius 3 is 2.25 bits per heavy atom. The van der Waals surface area contributed by atoms with Gasteiger partial charge in [-0.15, -0.1) is 0 Å². The molecule has 1 amide bonds. The van der Waals surface area contributed by atoms with Crippen LogP contribution in [0.2, 0.25) is 0 Å². The van der Waals surface area contributed by atoms with Crippen LogP contribution >= 0.6 is 0 Å². The number of carbonyl (C=O) groups excluding carboxylic acids is 1. The summed E-state index contributed by atoms with van der Waals surface area (Å²) < 4.78 is 40.4. The number of nitrogens with zero attached hydrogens (tertiary/aromatic N) is 3. The Hall–Kier alpha value is -1.67. The molecule has 2 rings (SSSR count). The number of anilines is 1. The Labute approximate surface area is 143 Å². The van der Waals surface area contributed by atoms with Crippen LogP contribution in [-0.2, 0) is 15.0 Å². The molecule has 1 aromatic rings. The maximum absolute atomic E-state index is 13.1. The SMILES string of the molecule is CC1CCN(C(=O)CN(c2ccc(F)cc2)S(=O)(=O)N(C)C)CC1. The normalized spacial score (nSPS) is 16.5. The van der Waals surface area contributed by atoms with E-state index in [-0.39, 0.29) is 18.1 Å². The van der Waals surface area contributed by atoms with Crippen LogP contribution in [0, 0.1) is 11.7 Å². The van der Waals surface area contributed by atoms with Crippen molar-refractivity contribution in [1.82, 2.24) is 9.21 Å². The molecule has 0 N–H and O–H groups in total. The molecule has 1 heterocycles. The van der Waals surface area contributed by atoms with E-state index >= 15 is 0 Å². The van der Waals surface area contributed by atoms with E-state index in [1.165, 1.54) is 38.4 Å². The average molecular weight is 357 g/mol. The maximum Gasteiger partial charge on any atom is 0.304 e. The standard InChI is InChI=1S/C16H24FN3O3S/c1-13-8-10-19(11-9-13)16(21)12-20(24(22,23)18(2)3)15-6-4-14(17)5-7-15/h4-7,13H,8-12H2,1-3H3. The van der Waals surface area contributed by atoms with Crippen molar-refractivity contribution < 1.29 is 17.6 Å². The largest absolute Gasteiger partial charge is 0.341 e. The summed E-state index contributed by atoms with van der Waals surface area (Å²) in [5.41, 5.74) is 0.267. The molecule has 8 heteroatoms. The topological polar surface area (TPSA) is 60.9 Å². The zero-order chi connectivity index (χ0) is 17.9. The van der Waals surface area contributed by atoms with Crippen molar-refractivity contribution in [2.45, 2.75) is 19.8 Å². The second-order valence-corrected chi connectivity index (χ2v) is 8.40. The van der Waals surface area contributed by atoms with Crippen molar-refractivity contribution >= 4 is 21.8 Å². The average Bonchev–Trinajstić information content (AvgIpc) is 2.53. The molecule has 0 atom stereocenters. The van der Waals surface area contributed by atoms with E-state index in [9.17, 15) is 17.6 Å². The van der Waals surface area contributed by atoms with Gasteiger partial charge in [0.05, 0.1) is 5.69 Å². The third-order valence-electron chi connectivity index (χ3n) is 4.27. The van der Waals surface area contributed by atoms with Gasteiger partial charge in [-0.2, -0.15) is 12.7 Å². The number of hydrogen-bond donors (Lipinski definition) is 0. The Bertz CT molecular complexity index is 668. The van der Waals surface area contributed by atoms with Gasteiger partial charge < -0.3 is 4.90 Å². The molecule has 0 aromatic heterocycles. The van der Waals surface area contributed by atoms with Gasteiger partial charge in [0.25, 0.3) is 0 Å². The Morgan fingerprint density at radius 1 is 1.21 bits per heavy atom. The number of likely N-dealkylation sites (tertiary alicyclic amines) is 1. The van der Waals surface area contributed by atoms with Crippen molar-refractivity contribution in [1.29, 1.82) is 0 Å². The number of carbonyl (C=O) groups is 1. The maximum atomic E-state index is 13.1. The Morgan fingerprint density at radius 2 is 1.75 bits per heavy atom. The van der Waals surface area contributed by atoms with Gasteiger partial charge in [0.15, 0.2) is 0 Å². The van der Waals surface area contributed by atoms with E-state index in [1.54, 1.807) is 4.90 Å². The van der Waals surface area contributed by atoms with E-state index in [4.69, 9.17) is 0 Å². The zero-order valence-electron chi connectivity index (χ0n) is 14.3. The number of piperidine rings is 1. The highest BCUT2D eigenvalue weighted by Gasteiger charge is 2.30. The third-order valence-corrected chi connectivity index (χ3v) is 6.09. The first-order chi connectivity index (χ1) is 11.2. The van der Waals surface area contributed by atoms with Gasteiger partial charge in [0.2, 0.25) is 5.91 Å². The number of hydrogen-bond acceptors (Lipinski definition) is 3. The van der Waals surface area contributed by atoms with Gasteiger partial charge in [-0.1, -0.05) is 6.92 Å². The Balaban J connectivity index is 2.23. The first-order valence-corrected chi connectivity index (χ1v) is 9.35. The van der Waals surface area contributed by atoms with Crippen LogP contribution in [0.15, 0.2) is 24.3 Å². The highest BCUT2D eigenvalue weighted by molar-refractivity contribution is 7.90. The van der Waals surface area contributed by atoms with Crippen molar-refractivity contribution in [2.75, 3.05) is 38.0 Å². The fourth-order valence-corrected chi connectivity index (χ4v) is 3.65.